The largest absolute Gasteiger partial charge is 0.365 e. The zero-order chi connectivity index (χ0) is 15.5. The highest BCUT2D eigenvalue weighted by atomic mass is 16.5. The molecule has 0 radical (unpaired) electrons. The molecule has 0 saturated carbocycles. The van der Waals surface area contributed by atoms with Crippen LogP contribution in [0.1, 0.15) is 6.42 Å². The van der Waals surface area contributed by atoms with E-state index in [1.807, 2.05) is 12.1 Å². The van der Waals surface area contributed by atoms with E-state index in [4.69, 9.17) is 4.52 Å². The molecule has 8 nitrogen and oxygen atoms in total. The zero-order valence-corrected chi connectivity index (χ0v) is 12.3. The van der Waals surface area contributed by atoms with Gasteiger partial charge in [-0.25, -0.2) is 9.97 Å². The van der Waals surface area contributed by atoms with Gasteiger partial charge in [0.1, 0.15) is 17.7 Å². The Kier molecular flexibility index (Phi) is 3.65. The maximum atomic E-state index is 5.39. The van der Waals surface area contributed by atoms with E-state index < -0.39 is 0 Å². The third kappa shape index (κ3) is 2.88. The smallest absolute Gasteiger partial charge is 0.263 e. The van der Waals surface area contributed by atoms with E-state index in [1.54, 1.807) is 18.6 Å². The monoisotopic (exact) mass is 309 g/mol. The maximum Gasteiger partial charge on any atom is 0.263 e. The molecule has 1 fully saturated rings. The molecule has 0 aliphatic carbocycles. The molecule has 0 amide bonds. The minimum absolute atomic E-state index is 0.339. The second-order valence-electron chi connectivity index (χ2n) is 5.28. The SMILES string of the molecule is c1cc(-c2noc(-c3cncnc3N[C@H]3CCNC3)n2)ccn1. The lowest BCUT2D eigenvalue weighted by Gasteiger charge is -2.13. The number of rotatable bonds is 4. The minimum Gasteiger partial charge on any atom is -0.365 e. The molecule has 4 heterocycles. The Balaban J connectivity index is 1.64. The van der Waals surface area contributed by atoms with Gasteiger partial charge in [0, 0.05) is 36.7 Å². The van der Waals surface area contributed by atoms with Crippen molar-refractivity contribution < 1.29 is 4.52 Å². The normalized spacial score (nSPS) is 17.3. The first-order valence-corrected chi connectivity index (χ1v) is 7.42. The molecule has 3 aromatic rings. The molecule has 0 unspecified atom stereocenters. The fraction of sp³-hybridized carbons (Fsp3) is 0.267. The lowest BCUT2D eigenvalue weighted by atomic mass is 10.2. The van der Waals surface area contributed by atoms with Crippen molar-refractivity contribution >= 4 is 5.82 Å². The summed E-state index contributed by atoms with van der Waals surface area (Å²) in [6.45, 7) is 1.92. The molecule has 1 aliphatic heterocycles. The summed E-state index contributed by atoms with van der Waals surface area (Å²) in [6, 6.07) is 4.00. The van der Waals surface area contributed by atoms with Crippen LogP contribution in [0.4, 0.5) is 5.82 Å². The van der Waals surface area contributed by atoms with E-state index in [9.17, 15) is 0 Å². The van der Waals surface area contributed by atoms with E-state index in [-0.39, 0.29) is 0 Å². The summed E-state index contributed by atoms with van der Waals surface area (Å²) < 4.78 is 5.39. The number of pyridine rings is 1. The Bertz CT molecular complexity index is 783. The zero-order valence-electron chi connectivity index (χ0n) is 12.3. The van der Waals surface area contributed by atoms with Gasteiger partial charge in [-0.05, 0) is 25.1 Å². The van der Waals surface area contributed by atoms with Gasteiger partial charge < -0.3 is 15.2 Å². The van der Waals surface area contributed by atoms with Crippen molar-refractivity contribution in [1.82, 2.24) is 30.4 Å². The van der Waals surface area contributed by atoms with Gasteiger partial charge in [-0.15, -0.1) is 0 Å². The van der Waals surface area contributed by atoms with Gasteiger partial charge in [0.25, 0.3) is 5.89 Å². The van der Waals surface area contributed by atoms with Crippen LogP contribution >= 0.6 is 0 Å². The highest BCUT2D eigenvalue weighted by molar-refractivity contribution is 5.69. The van der Waals surface area contributed by atoms with E-state index in [0.717, 1.165) is 25.1 Å². The summed E-state index contributed by atoms with van der Waals surface area (Å²) in [6.07, 6.45) is 7.62. The van der Waals surface area contributed by atoms with Crippen LogP contribution in [0.3, 0.4) is 0 Å². The van der Waals surface area contributed by atoms with Gasteiger partial charge in [0.2, 0.25) is 5.82 Å². The van der Waals surface area contributed by atoms with Crippen molar-refractivity contribution in [3.05, 3.63) is 37.1 Å². The van der Waals surface area contributed by atoms with E-state index in [1.165, 1.54) is 6.33 Å². The standard InChI is InChI=1S/C15H15N7O/c1-4-16-5-2-10(1)13-21-15(23-22-13)12-8-18-9-19-14(12)20-11-3-6-17-7-11/h1-2,4-5,8-9,11,17H,3,6-7H2,(H,18,19,20)/t11-/m0/s1. The summed E-state index contributed by atoms with van der Waals surface area (Å²) in [5.74, 6) is 1.62. The van der Waals surface area contributed by atoms with Crippen LogP contribution in [-0.4, -0.2) is 44.2 Å². The molecular weight excluding hydrogens is 294 g/mol. The summed E-state index contributed by atoms with van der Waals surface area (Å²) in [5.41, 5.74) is 1.55. The molecule has 0 spiro atoms. The predicted octanol–water partition coefficient (Wildman–Crippen LogP) is 1.36. The van der Waals surface area contributed by atoms with Gasteiger partial charge >= 0.3 is 0 Å². The second kappa shape index (κ2) is 6.09. The minimum atomic E-state index is 0.339. The quantitative estimate of drug-likeness (QED) is 0.745. The molecule has 3 aromatic heterocycles. The van der Waals surface area contributed by atoms with E-state index in [0.29, 0.717) is 29.1 Å². The van der Waals surface area contributed by atoms with Crippen molar-refractivity contribution in [2.45, 2.75) is 12.5 Å². The van der Waals surface area contributed by atoms with Crippen LogP contribution in [0.15, 0.2) is 41.6 Å². The third-order valence-electron chi connectivity index (χ3n) is 3.71. The van der Waals surface area contributed by atoms with E-state index >= 15 is 0 Å². The van der Waals surface area contributed by atoms with Gasteiger partial charge in [0.15, 0.2) is 0 Å². The average molecular weight is 309 g/mol. The molecule has 0 aromatic carbocycles. The number of anilines is 1. The van der Waals surface area contributed by atoms with Gasteiger partial charge in [-0.3, -0.25) is 4.98 Å². The number of nitrogens with one attached hydrogen (secondary N) is 2. The van der Waals surface area contributed by atoms with E-state index in [2.05, 4.69) is 35.7 Å². The fourth-order valence-corrected chi connectivity index (χ4v) is 2.52. The Morgan fingerprint density at radius 2 is 2.13 bits per heavy atom. The van der Waals surface area contributed by atoms with Crippen LogP contribution in [0.25, 0.3) is 22.8 Å². The van der Waals surface area contributed by atoms with Crippen molar-refractivity contribution in [1.29, 1.82) is 0 Å². The predicted molar refractivity (Wildman–Crippen MR) is 83.5 cm³/mol. The number of hydrogen-bond donors (Lipinski definition) is 2. The molecule has 0 bridgehead atoms. The molecule has 23 heavy (non-hydrogen) atoms. The van der Waals surface area contributed by atoms with Crippen LogP contribution in [0, 0.1) is 0 Å². The van der Waals surface area contributed by atoms with Gasteiger partial charge in [-0.2, -0.15) is 4.98 Å². The number of aromatic nitrogens is 5. The molecule has 116 valence electrons. The number of nitrogens with zero attached hydrogens (tertiary/aromatic N) is 5. The van der Waals surface area contributed by atoms with Crippen LogP contribution in [0.2, 0.25) is 0 Å². The lowest BCUT2D eigenvalue weighted by molar-refractivity contribution is 0.432. The Morgan fingerprint density at radius 3 is 2.96 bits per heavy atom. The molecule has 1 atom stereocenters. The Morgan fingerprint density at radius 1 is 1.22 bits per heavy atom. The average Bonchev–Trinajstić information content (AvgIpc) is 3.28. The lowest BCUT2D eigenvalue weighted by Crippen LogP contribution is -2.23. The summed E-state index contributed by atoms with van der Waals surface area (Å²) in [7, 11) is 0. The van der Waals surface area contributed by atoms with Crippen molar-refractivity contribution in [2.24, 2.45) is 0 Å². The third-order valence-corrected chi connectivity index (χ3v) is 3.71. The number of hydrogen-bond acceptors (Lipinski definition) is 8. The second-order valence-corrected chi connectivity index (χ2v) is 5.28. The fourth-order valence-electron chi connectivity index (χ4n) is 2.52. The van der Waals surface area contributed by atoms with Crippen molar-refractivity contribution in [2.75, 3.05) is 18.4 Å². The van der Waals surface area contributed by atoms with Crippen LogP contribution in [0.5, 0.6) is 0 Å². The molecule has 4 rings (SSSR count). The molecule has 8 heteroatoms. The Hall–Kier alpha value is -2.87. The molecule has 1 saturated heterocycles. The summed E-state index contributed by atoms with van der Waals surface area (Å²) >= 11 is 0. The highest BCUT2D eigenvalue weighted by Gasteiger charge is 2.19. The maximum absolute atomic E-state index is 5.39. The Labute approximate surface area is 132 Å². The highest BCUT2D eigenvalue weighted by Crippen LogP contribution is 2.26. The first-order chi connectivity index (χ1) is 11.4. The summed E-state index contributed by atoms with van der Waals surface area (Å²) in [4.78, 5) is 16.8. The van der Waals surface area contributed by atoms with Crippen LogP contribution in [-0.2, 0) is 0 Å². The van der Waals surface area contributed by atoms with Gasteiger partial charge in [-0.1, -0.05) is 5.16 Å². The van der Waals surface area contributed by atoms with Crippen molar-refractivity contribution in [3.63, 3.8) is 0 Å². The summed E-state index contributed by atoms with van der Waals surface area (Å²) in [5, 5.41) is 10.7. The van der Waals surface area contributed by atoms with Gasteiger partial charge in [0.05, 0.1) is 0 Å². The first kappa shape index (κ1) is 13.8. The van der Waals surface area contributed by atoms with Crippen molar-refractivity contribution in [3.8, 4) is 22.8 Å². The van der Waals surface area contributed by atoms with Crippen LogP contribution < -0.4 is 10.6 Å². The molecule has 2 N–H and O–H groups in total. The topological polar surface area (TPSA) is 102 Å². The first-order valence-electron chi connectivity index (χ1n) is 7.42. The molecule has 1 aliphatic rings. The molecular formula is C15H15N7O.